The molecule has 0 fully saturated rings. The number of imide groups is 1. The van der Waals surface area contributed by atoms with E-state index in [9.17, 15) is 9.59 Å². The Kier molecular flexibility index (Phi) is 5.61. The molecule has 3 amide bonds. The molecule has 0 saturated heterocycles. The van der Waals surface area contributed by atoms with Gasteiger partial charge in [0.1, 0.15) is 0 Å². The van der Waals surface area contributed by atoms with Crippen LogP contribution in [0.3, 0.4) is 0 Å². The summed E-state index contributed by atoms with van der Waals surface area (Å²) >= 11 is 1.08. The first-order chi connectivity index (χ1) is 11.2. The predicted octanol–water partition coefficient (Wildman–Crippen LogP) is 2.76. The fourth-order valence-electron chi connectivity index (χ4n) is 1.85. The van der Waals surface area contributed by atoms with Crippen molar-refractivity contribution in [2.75, 3.05) is 5.75 Å². The number of aryl methyl sites for hydroxylation is 1. The maximum absolute atomic E-state index is 11.8. The number of carbonyl (C=O) groups excluding carboxylic acids is 2. The Bertz CT molecular complexity index is 737. The lowest BCUT2D eigenvalue weighted by molar-refractivity contribution is -0.117. The van der Waals surface area contributed by atoms with Gasteiger partial charge in [0.15, 0.2) is 0 Å². The molecule has 0 atom stereocenters. The van der Waals surface area contributed by atoms with Crippen molar-refractivity contribution < 1.29 is 14.0 Å². The van der Waals surface area contributed by atoms with Gasteiger partial charge < -0.3 is 9.73 Å². The maximum Gasteiger partial charge on any atom is 0.321 e. The molecule has 1 aromatic carbocycles. The number of hydrogen-bond donors (Lipinski definition) is 2. The molecule has 0 aliphatic rings. The lowest BCUT2D eigenvalue weighted by atomic mass is 10.1. The topological polar surface area (TPSA) is 97.1 Å². The van der Waals surface area contributed by atoms with Gasteiger partial charge in [0.25, 0.3) is 5.22 Å². The highest BCUT2D eigenvalue weighted by Crippen LogP contribution is 2.25. The van der Waals surface area contributed by atoms with Crippen molar-refractivity contribution >= 4 is 23.7 Å². The average Bonchev–Trinajstić information content (AvgIpc) is 2.92. The number of urea groups is 1. The summed E-state index contributed by atoms with van der Waals surface area (Å²) in [5.74, 6) is -0.0219. The molecule has 2 rings (SSSR count). The zero-order valence-electron chi connectivity index (χ0n) is 14.0. The molecule has 8 heteroatoms. The number of thioether (sulfide) groups is 1. The van der Waals surface area contributed by atoms with E-state index < -0.39 is 17.5 Å². The van der Waals surface area contributed by atoms with Crippen molar-refractivity contribution in [2.45, 2.75) is 38.5 Å². The van der Waals surface area contributed by atoms with Crippen LogP contribution in [0.25, 0.3) is 11.5 Å². The summed E-state index contributed by atoms with van der Waals surface area (Å²) < 4.78 is 5.55. The average molecular weight is 348 g/mol. The summed E-state index contributed by atoms with van der Waals surface area (Å²) in [6.07, 6.45) is 0. The number of nitrogens with one attached hydrogen (secondary N) is 2. The smallest absolute Gasteiger partial charge is 0.321 e. The van der Waals surface area contributed by atoms with Crippen molar-refractivity contribution in [2.24, 2.45) is 0 Å². The Balaban J connectivity index is 1.88. The molecule has 0 aliphatic carbocycles. The molecular weight excluding hydrogens is 328 g/mol. The van der Waals surface area contributed by atoms with Gasteiger partial charge in [-0.3, -0.25) is 10.1 Å². The third-order valence-electron chi connectivity index (χ3n) is 2.85. The molecule has 7 nitrogen and oxygen atoms in total. The van der Waals surface area contributed by atoms with E-state index in [-0.39, 0.29) is 11.0 Å². The van der Waals surface area contributed by atoms with Gasteiger partial charge in [0.05, 0.1) is 5.75 Å². The molecule has 0 aliphatic heterocycles. The SMILES string of the molecule is Cc1ccccc1-c1nnc(SCC(=O)NC(=O)NC(C)(C)C)o1. The van der Waals surface area contributed by atoms with Crippen molar-refractivity contribution in [3.8, 4) is 11.5 Å². The minimum Gasteiger partial charge on any atom is -0.411 e. The largest absolute Gasteiger partial charge is 0.411 e. The van der Waals surface area contributed by atoms with Crippen LogP contribution in [0.4, 0.5) is 4.79 Å². The van der Waals surface area contributed by atoms with Crippen molar-refractivity contribution in [3.05, 3.63) is 29.8 Å². The first-order valence-corrected chi connectivity index (χ1v) is 8.37. The number of benzene rings is 1. The zero-order chi connectivity index (χ0) is 17.7. The van der Waals surface area contributed by atoms with Crippen molar-refractivity contribution in [1.82, 2.24) is 20.8 Å². The fourth-order valence-corrected chi connectivity index (χ4v) is 2.41. The normalized spacial score (nSPS) is 11.2. The Labute approximate surface area is 144 Å². The van der Waals surface area contributed by atoms with Gasteiger partial charge in [0.2, 0.25) is 11.8 Å². The summed E-state index contributed by atoms with van der Waals surface area (Å²) in [6, 6.07) is 7.13. The summed E-state index contributed by atoms with van der Waals surface area (Å²) in [7, 11) is 0. The van der Waals surface area contributed by atoms with E-state index in [4.69, 9.17) is 4.42 Å². The Morgan fingerprint density at radius 1 is 1.21 bits per heavy atom. The molecule has 2 aromatic rings. The molecule has 1 aromatic heterocycles. The standard InChI is InChI=1S/C16H20N4O3S/c1-10-7-5-6-8-11(10)13-19-20-15(23-13)24-9-12(21)17-14(22)18-16(2,3)4/h5-8H,9H2,1-4H3,(H2,17,18,21,22). The van der Waals surface area contributed by atoms with Gasteiger partial charge in [-0.1, -0.05) is 30.0 Å². The maximum atomic E-state index is 11.8. The highest BCUT2D eigenvalue weighted by Gasteiger charge is 2.17. The highest BCUT2D eigenvalue weighted by atomic mass is 32.2. The van der Waals surface area contributed by atoms with Crippen molar-refractivity contribution in [3.63, 3.8) is 0 Å². The minimum atomic E-state index is -0.528. The lowest BCUT2D eigenvalue weighted by Gasteiger charge is -2.20. The predicted molar refractivity (Wildman–Crippen MR) is 91.6 cm³/mol. The van der Waals surface area contributed by atoms with Crippen LogP contribution in [-0.2, 0) is 4.79 Å². The van der Waals surface area contributed by atoms with E-state index >= 15 is 0 Å². The number of nitrogens with zero attached hydrogens (tertiary/aromatic N) is 2. The Morgan fingerprint density at radius 2 is 1.92 bits per heavy atom. The molecule has 1 heterocycles. The minimum absolute atomic E-state index is 0.00691. The Morgan fingerprint density at radius 3 is 2.58 bits per heavy atom. The van der Waals surface area contributed by atoms with Crippen LogP contribution in [0.2, 0.25) is 0 Å². The van der Waals surface area contributed by atoms with E-state index in [1.807, 2.05) is 52.0 Å². The van der Waals surface area contributed by atoms with Gasteiger partial charge in [-0.15, -0.1) is 10.2 Å². The van der Waals surface area contributed by atoms with E-state index in [0.717, 1.165) is 22.9 Å². The zero-order valence-corrected chi connectivity index (χ0v) is 14.9. The van der Waals surface area contributed by atoms with Crippen LogP contribution < -0.4 is 10.6 Å². The second-order valence-corrected chi connectivity index (χ2v) is 7.16. The van der Waals surface area contributed by atoms with E-state index in [2.05, 4.69) is 20.8 Å². The van der Waals surface area contributed by atoms with E-state index in [1.54, 1.807) is 0 Å². The second kappa shape index (κ2) is 7.48. The van der Waals surface area contributed by atoms with Crippen LogP contribution in [0.1, 0.15) is 26.3 Å². The van der Waals surface area contributed by atoms with E-state index in [1.165, 1.54) is 0 Å². The van der Waals surface area contributed by atoms with Crippen LogP contribution in [0.15, 0.2) is 33.9 Å². The highest BCUT2D eigenvalue weighted by molar-refractivity contribution is 7.99. The van der Waals surface area contributed by atoms with Gasteiger partial charge >= 0.3 is 6.03 Å². The molecule has 24 heavy (non-hydrogen) atoms. The molecular formula is C16H20N4O3S. The molecule has 0 radical (unpaired) electrons. The molecule has 0 unspecified atom stereocenters. The first-order valence-electron chi connectivity index (χ1n) is 7.39. The lowest BCUT2D eigenvalue weighted by Crippen LogP contribution is -2.48. The summed E-state index contributed by atoms with van der Waals surface area (Å²) in [5, 5.41) is 13.1. The third-order valence-corrected chi connectivity index (χ3v) is 3.67. The third kappa shape index (κ3) is 5.38. The number of carbonyl (C=O) groups is 2. The summed E-state index contributed by atoms with van der Waals surface area (Å²) in [6.45, 7) is 7.44. The molecule has 0 saturated carbocycles. The molecule has 0 spiro atoms. The molecule has 0 bridgehead atoms. The number of hydrogen-bond acceptors (Lipinski definition) is 6. The molecule has 128 valence electrons. The van der Waals surface area contributed by atoms with Crippen molar-refractivity contribution in [1.29, 1.82) is 0 Å². The monoisotopic (exact) mass is 348 g/mol. The van der Waals surface area contributed by atoms with Crippen LogP contribution in [0.5, 0.6) is 0 Å². The first kappa shape index (κ1) is 18.0. The van der Waals surface area contributed by atoms with Crippen LogP contribution >= 0.6 is 11.8 Å². The summed E-state index contributed by atoms with van der Waals surface area (Å²) in [5.41, 5.74) is 1.46. The fraction of sp³-hybridized carbons (Fsp3) is 0.375. The number of rotatable bonds is 4. The van der Waals surface area contributed by atoms with E-state index in [0.29, 0.717) is 5.89 Å². The van der Waals surface area contributed by atoms with Gasteiger partial charge in [-0.2, -0.15) is 0 Å². The van der Waals surface area contributed by atoms with Gasteiger partial charge in [0, 0.05) is 11.1 Å². The number of aromatic nitrogens is 2. The molecule has 2 N–H and O–H groups in total. The van der Waals surface area contributed by atoms with Gasteiger partial charge in [-0.05, 0) is 39.3 Å². The number of amides is 3. The Hall–Kier alpha value is -2.35. The van der Waals surface area contributed by atoms with Crippen LogP contribution in [0, 0.1) is 6.92 Å². The van der Waals surface area contributed by atoms with Gasteiger partial charge in [-0.25, -0.2) is 4.79 Å². The summed E-state index contributed by atoms with van der Waals surface area (Å²) in [4.78, 5) is 23.4. The quantitative estimate of drug-likeness (QED) is 0.825. The van der Waals surface area contributed by atoms with Crippen LogP contribution in [-0.4, -0.2) is 33.4 Å². The second-order valence-electron chi connectivity index (χ2n) is 6.23.